The average molecular weight is 263 g/mol. The molecule has 0 N–H and O–H groups in total. The normalized spacial score (nSPS) is 9.16. The molecule has 19 heavy (non-hydrogen) atoms. The maximum atomic E-state index is 4.61. The molecule has 0 unspecified atom stereocenters. The SMILES string of the molecule is Cc1ccc(C#Cc2ccc(N=C=S)c(C)c2)cc1. The molecular formula is C17H13NS. The van der Waals surface area contributed by atoms with E-state index in [9.17, 15) is 0 Å². The van der Waals surface area contributed by atoms with E-state index in [1.54, 1.807) is 0 Å². The number of hydrogen-bond donors (Lipinski definition) is 0. The first kappa shape index (κ1) is 13.2. The summed E-state index contributed by atoms with van der Waals surface area (Å²) in [6.07, 6.45) is 0. The second-order valence-corrected chi connectivity index (χ2v) is 4.50. The molecule has 0 spiro atoms. The lowest BCUT2D eigenvalue weighted by molar-refractivity contribution is 1.40. The van der Waals surface area contributed by atoms with Crippen molar-refractivity contribution >= 4 is 23.1 Å². The highest BCUT2D eigenvalue weighted by atomic mass is 32.1. The minimum atomic E-state index is 0.843. The minimum absolute atomic E-state index is 0.843. The van der Waals surface area contributed by atoms with Crippen LogP contribution in [-0.2, 0) is 0 Å². The van der Waals surface area contributed by atoms with Crippen LogP contribution in [0.1, 0.15) is 22.3 Å². The van der Waals surface area contributed by atoms with E-state index in [4.69, 9.17) is 0 Å². The molecule has 0 aliphatic heterocycles. The van der Waals surface area contributed by atoms with E-state index in [1.807, 2.05) is 37.3 Å². The van der Waals surface area contributed by atoms with Crippen molar-refractivity contribution in [2.45, 2.75) is 13.8 Å². The van der Waals surface area contributed by atoms with E-state index in [2.05, 4.69) is 53.3 Å². The van der Waals surface area contributed by atoms with E-state index in [0.717, 1.165) is 22.4 Å². The van der Waals surface area contributed by atoms with Gasteiger partial charge in [0.2, 0.25) is 0 Å². The molecule has 0 radical (unpaired) electrons. The monoisotopic (exact) mass is 263 g/mol. The Hall–Kier alpha value is -2.20. The van der Waals surface area contributed by atoms with Crippen molar-refractivity contribution in [2.24, 2.45) is 4.99 Å². The summed E-state index contributed by atoms with van der Waals surface area (Å²) in [7, 11) is 0. The number of hydrogen-bond acceptors (Lipinski definition) is 2. The van der Waals surface area contributed by atoms with Gasteiger partial charge < -0.3 is 0 Å². The summed E-state index contributed by atoms with van der Waals surface area (Å²) >= 11 is 4.61. The fraction of sp³-hybridized carbons (Fsp3) is 0.118. The van der Waals surface area contributed by atoms with Crippen LogP contribution in [0.25, 0.3) is 0 Å². The zero-order valence-electron chi connectivity index (χ0n) is 10.9. The molecule has 0 aliphatic carbocycles. The molecule has 92 valence electrons. The molecule has 0 saturated heterocycles. The fourth-order valence-electron chi connectivity index (χ4n) is 1.69. The zero-order valence-corrected chi connectivity index (χ0v) is 11.7. The van der Waals surface area contributed by atoms with E-state index < -0.39 is 0 Å². The van der Waals surface area contributed by atoms with Crippen LogP contribution in [0.15, 0.2) is 47.5 Å². The smallest absolute Gasteiger partial charge is 0.0769 e. The van der Waals surface area contributed by atoms with Crippen LogP contribution in [0.2, 0.25) is 0 Å². The van der Waals surface area contributed by atoms with E-state index in [0.29, 0.717) is 0 Å². The van der Waals surface area contributed by atoms with Crippen molar-refractivity contribution in [3.63, 3.8) is 0 Å². The number of rotatable bonds is 1. The Morgan fingerprint density at radius 1 is 0.895 bits per heavy atom. The van der Waals surface area contributed by atoms with Crippen LogP contribution in [-0.4, -0.2) is 5.16 Å². The molecule has 0 atom stereocenters. The lowest BCUT2D eigenvalue weighted by Crippen LogP contribution is -1.80. The largest absolute Gasteiger partial charge is 0.194 e. The lowest BCUT2D eigenvalue weighted by atomic mass is 10.1. The Balaban J connectivity index is 2.27. The molecule has 0 heterocycles. The van der Waals surface area contributed by atoms with Gasteiger partial charge >= 0.3 is 0 Å². The summed E-state index contributed by atoms with van der Waals surface area (Å²) < 4.78 is 0. The third kappa shape index (κ3) is 3.63. The predicted octanol–water partition coefficient (Wildman–Crippen LogP) is 4.44. The van der Waals surface area contributed by atoms with Crippen LogP contribution in [0.4, 0.5) is 5.69 Å². The molecule has 0 bridgehead atoms. The highest BCUT2D eigenvalue weighted by Crippen LogP contribution is 2.18. The molecular weight excluding hydrogens is 250 g/mol. The highest BCUT2D eigenvalue weighted by Gasteiger charge is 1.96. The van der Waals surface area contributed by atoms with Gasteiger partial charge in [0.15, 0.2) is 0 Å². The Labute approximate surface area is 119 Å². The Bertz CT molecular complexity index is 696. The third-order valence-corrected chi connectivity index (χ3v) is 2.86. The molecule has 0 aromatic heterocycles. The van der Waals surface area contributed by atoms with Crippen molar-refractivity contribution < 1.29 is 0 Å². The van der Waals surface area contributed by atoms with Gasteiger partial charge in [0.05, 0.1) is 10.8 Å². The highest BCUT2D eigenvalue weighted by molar-refractivity contribution is 7.78. The number of benzene rings is 2. The van der Waals surface area contributed by atoms with Gasteiger partial charge in [-0.2, -0.15) is 4.99 Å². The second-order valence-electron chi connectivity index (χ2n) is 4.32. The first-order valence-electron chi connectivity index (χ1n) is 5.96. The lowest BCUT2D eigenvalue weighted by Gasteiger charge is -1.98. The summed E-state index contributed by atoms with van der Waals surface area (Å²) in [5.41, 5.74) is 5.12. The van der Waals surface area contributed by atoms with Crippen LogP contribution in [0.3, 0.4) is 0 Å². The van der Waals surface area contributed by atoms with Crippen LogP contribution >= 0.6 is 12.2 Å². The van der Waals surface area contributed by atoms with Crippen LogP contribution in [0.5, 0.6) is 0 Å². The number of aryl methyl sites for hydroxylation is 2. The van der Waals surface area contributed by atoms with Gasteiger partial charge in [0, 0.05) is 11.1 Å². The van der Waals surface area contributed by atoms with Gasteiger partial charge in [-0.05, 0) is 62.0 Å². The predicted molar refractivity (Wildman–Crippen MR) is 83.0 cm³/mol. The van der Waals surface area contributed by atoms with Gasteiger partial charge in [0.1, 0.15) is 0 Å². The Kier molecular flexibility index (Phi) is 4.26. The summed E-state index contributed by atoms with van der Waals surface area (Å²) in [5.74, 6) is 6.30. The molecule has 1 nitrogen and oxygen atoms in total. The maximum Gasteiger partial charge on any atom is 0.0769 e. The molecule has 0 aliphatic rings. The first-order chi connectivity index (χ1) is 9.19. The number of isothiocyanates is 1. The summed E-state index contributed by atoms with van der Waals surface area (Å²) in [5, 5.41) is 2.38. The summed E-state index contributed by atoms with van der Waals surface area (Å²) in [6.45, 7) is 4.05. The standard InChI is InChI=1S/C17H13NS/c1-13-3-5-15(6-4-13)7-8-16-9-10-17(18-12-19)14(2)11-16/h3-6,9-11H,1-2H3. The summed E-state index contributed by atoms with van der Waals surface area (Å²) in [4.78, 5) is 3.99. The van der Waals surface area contributed by atoms with Gasteiger partial charge in [-0.3, -0.25) is 0 Å². The quantitative estimate of drug-likeness (QED) is 0.421. The first-order valence-corrected chi connectivity index (χ1v) is 6.37. The van der Waals surface area contributed by atoms with Crippen molar-refractivity contribution in [3.8, 4) is 11.8 Å². The molecule has 2 aromatic rings. The summed E-state index contributed by atoms with van der Waals surface area (Å²) in [6, 6.07) is 14.0. The van der Waals surface area contributed by atoms with Gasteiger partial charge in [-0.15, -0.1) is 0 Å². The van der Waals surface area contributed by atoms with Gasteiger partial charge in [-0.1, -0.05) is 29.5 Å². The van der Waals surface area contributed by atoms with Crippen molar-refractivity contribution in [3.05, 3.63) is 64.7 Å². The molecule has 2 heteroatoms. The number of thiocarbonyl (C=S) groups is 1. The average Bonchev–Trinajstić information content (AvgIpc) is 2.41. The third-order valence-electron chi connectivity index (χ3n) is 2.77. The van der Waals surface area contributed by atoms with Gasteiger partial charge in [0.25, 0.3) is 0 Å². The Morgan fingerprint density at radius 3 is 2.16 bits per heavy atom. The molecule has 2 aromatic carbocycles. The topological polar surface area (TPSA) is 12.4 Å². The molecule has 0 fully saturated rings. The van der Waals surface area contributed by atoms with Crippen molar-refractivity contribution in [2.75, 3.05) is 0 Å². The van der Waals surface area contributed by atoms with Crippen LogP contribution in [0, 0.1) is 25.7 Å². The fourth-order valence-corrected chi connectivity index (χ4v) is 1.79. The second kappa shape index (κ2) is 6.11. The van der Waals surface area contributed by atoms with Gasteiger partial charge in [-0.25, -0.2) is 0 Å². The number of nitrogens with zero attached hydrogens (tertiary/aromatic N) is 1. The van der Waals surface area contributed by atoms with Crippen molar-refractivity contribution in [1.29, 1.82) is 0 Å². The molecule has 0 amide bonds. The van der Waals surface area contributed by atoms with E-state index in [1.165, 1.54) is 5.56 Å². The Morgan fingerprint density at radius 2 is 1.53 bits per heavy atom. The van der Waals surface area contributed by atoms with E-state index in [-0.39, 0.29) is 0 Å². The van der Waals surface area contributed by atoms with E-state index >= 15 is 0 Å². The van der Waals surface area contributed by atoms with Crippen molar-refractivity contribution in [1.82, 2.24) is 0 Å². The number of aliphatic imine (C=N–C) groups is 1. The maximum absolute atomic E-state index is 4.61. The molecule has 2 rings (SSSR count). The molecule has 0 saturated carbocycles. The minimum Gasteiger partial charge on any atom is -0.194 e. The zero-order chi connectivity index (χ0) is 13.7. The van der Waals surface area contributed by atoms with Crippen LogP contribution < -0.4 is 0 Å².